The van der Waals surface area contributed by atoms with Gasteiger partial charge in [0.05, 0.1) is 13.1 Å². The summed E-state index contributed by atoms with van der Waals surface area (Å²) >= 11 is 0. The van der Waals surface area contributed by atoms with Crippen molar-refractivity contribution in [2.75, 3.05) is 19.6 Å². The lowest BCUT2D eigenvalue weighted by Crippen LogP contribution is -2.51. The highest BCUT2D eigenvalue weighted by atomic mass is 35.5. The quantitative estimate of drug-likeness (QED) is 0.864. The van der Waals surface area contributed by atoms with Gasteiger partial charge in [0.1, 0.15) is 0 Å². The second kappa shape index (κ2) is 9.96. The fourth-order valence-corrected chi connectivity index (χ4v) is 2.91. The molecule has 0 amide bonds. The second-order valence-electron chi connectivity index (χ2n) is 5.85. The molecular formula is C16H25Cl2N5O. The summed E-state index contributed by atoms with van der Waals surface area (Å²) in [6.07, 6.45) is 0. The van der Waals surface area contributed by atoms with Crippen LogP contribution in [0, 0.1) is 0 Å². The maximum atomic E-state index is 5.50. The molecule has 1 saturated heterocycles. The molecule has 2 aromatic rings. The van der Waals surface area contributed by atoms with E-state index in [9.17, 15) is 0 Å². The van der Waals surface area contributed by atoms with E-state index < -0.39 is 0 Å². The second-order valence-corrected chi connectivity index (χ2v) is 5.85. The summed E-state index contributed by atoms with van der Waals surface area (Å²) in [6.45, 7) is 7.41. The Kier molecular flexibility index (Phi) is 8.66. The zero-order valence-corrected chi connectivity index (χ0v) is 15.4. The van der Waals surface area contributed by atoms with Crippen molar-refractivity contribution in [1.29, 1.82) is 0 Å². The highest BCUT2D eigenvalue weighted by Crippen LogP contribution is 2.15. The standard InChI is InChI=1S/C16H23N5O.2ClH/c1-13-10-20(11-14-5-3-2-4-6-14)7-8-21(13)12-15-18-16(9-17)22-19-15;;/h2-6,13H,7-12,17H2,1H3;2*1H/t13-;;/m1../s1. The van der Waals surface area contributed by atoms with E-state index in [0.717, 1.165) is 38.5 Å². The number of aromatic nitrogens is 2. The molecule has 6 nitrogen and oxygen atoms in total. The molecule has 3 rings (SSSR count). The lowest BCUT2D eigenvalue weighted by molar-refractivity contribution is 0.0708. The average molecular weight is 374 g/mol. The molecule has 8 heteroatoms. The van der Waals surface area contributed by atoms with Gasteiger partial charge >= 0.3 is 0 Å². The van der Waals surface area contributed by atoms with Crippen molar-refractivity contribution in [3.8, 4) is 0 Å². The molecule has 24 heavy (non-hydrogen) atoms. The van der Waals surface area contributed by atoms with Gasteiger partial charge in [0, 0.05) is 32.2 Å². The van der Waals surface area contributed by atoms with Crippen molar-refractivity contribution in [3.05, 3.63) is 47.6 Å². The Balaban J connectivity index is 0.00000144. The van der Waals surface area contributed by atoms with Gasteiger partial charge < -0.3 is 10.3 Å². The summed E-state index contributed by atoms with van der Waals surface area (Å²) in [5.74, 6) is 1.23. The van der Waals surface area contributed by atoms with E-state index >= 15 is 0 Å². The molecule has 1 atom stereocenters. The summed E-state index contributed by atoms with van der Waals surface area (Å²) in [7, 11) is 0. The highest BCUT2D eigenvalue weighted by molar-refractivity contribution is 5.85. The molecule has 0 radical (unpaired) electrons. The number of halogens is 2. The largest absolute Gasteiger partial charge is 0.338 e. The Labute approximate surface area is 155 Å². The first-order valence-electron chi connectivity index (χ1n) is 7.76. The number of hydrogen-bond acceptors (Lipinski definition) is 6. The molecule has 0 spiro atoms. The zero-order chi connectivity index (χ0) is 15.4. The van der Waals surface area contributed by atoms with Crippen molar-refractivity contribution in [2.24, 2.45) is 5.73 Å². The average Bonchev–Trinajstić information content (AvgIpc) is 2.99. The monoisotopic (exact) mass is 373 g/mol. The SMILES string of the molecule is C[C@@H]1CN(Cc2ccccc2)CCN1Cc1noc(CN)n1.Cl.Cl. The highest BCUT2D eigenvalue weighted by Gasteiger charge is 2.24. The molecule has 1 aliphatic heterocycles. The summed E-state index contributed by atoms with van der Waals surface area (Å²) in [5.41, 5.74) is 6.87. The molecule has 0 bridgehead atoms. The molecule has 1 aromatic heterocycles. The van der Waals surface area contributed by atoms with Crippen LogP contribution in [0.1, 0.15) is 24.2 Å². The van der Waals surface area contributed by atoms with E-state index in [1.165, 1.54) is 5.56 Å². The maximum absolute atomic E-state index is 5.50. The Morgan fingerprint density at radius 3 is 2.54 bits per heavy atom. The fraction of sp³-hybridized carbons (Fsp3) is 0.500. The van der Waals surface area contributed by atoms with E-state index in [2.05, 4.69) is 57.2 Å². The van der Waals surface area contributed by atoms with Crippen molar-refractivity contribution in [2.45, 2.75) is 32.6 Å². The third kappa shape index (κ3) is 5.43. The van der Waals surface area contributed by atoms with Crippen LogP contribution in [0.5, 0.6) is 0 Å². The molecule has 1 aromatic carbocycles. The first-order chi connectivity index (χ1) is 10.7. The van der Waals surface area contributed by atoms with Crippen LogP contribution in [0.3, 0.4) is 0 Å². The smallest absolute Gasteiger partial charge is 0.240 e. The summed E-state index contributed by atoms with van der Waals surface area (Å²) in [4.78, 5) is 9.18. The molecular weight excluding hydrogens is 349 g/mol. The summed E-state index contributed by atoms with van der Waals surface area (Å²) in [5, 5.41) is 3.98. The first-order valence-corrected chi connectivity index (χ1v) is 7.76. The van der Waals surface area contributed by atoms with Gasteiger partial charge in [-0.15, -0.1) is 24.8 Å². The molecule has 2 heterocycles. The van der Waals surface area contributed by atoms with E-state index in [4.69, 9.17) is 10.3 Å². The van der Waals surface area contributed by atoms with Crippen LogP contribution >= 0.6 is 24.8 Å². The van der Waals surface area contributed by atoms with Gasteiger partial charge in [-0.05, 0) is 12.5 Å². The Hall–Kier alpha value is -1.18. The minimum atomic E-state index is 0. The Bertz CT molecular complexity index is 595. The third-order valence-electron chi connectivity index (χ3n) is 4.13. The van der Waals surface area contributed by atoms with Crippen molar-refractivity contribution >= 4 is 24.8 Å². The Morgan fingerprint density at radius 1 is 1.17 bits per heavy atom. The summed E-state index contributed by atoms with van der Waals surface area (Å²) in [6, 6.07) is 11.1. The predicted octanol–water partition coefficient (Wildman–Crippen LogP) is 2.08. The first kappa shape index (κ1) is 20.9. The van der Waals surface area contributed by atoms with Crippen LogP contribution in [-0.4, -0.2) is 45.6 Å². The van der Waals surface area contributed by atoms with Gasteiger partial charge in [0.15, 0.2) is 5.82 Å². The number of rotatable bonds is 5. The predicted molar refractivity (Wildman–Crippen MR) is 98.3 cm³/mol. The van der Waals surface area contributed by atoms with Gasteiger partial charge in [0.25, 0.3) is 0 Å². The van der Waals surface area contributed by atoms with Gasteiger partial charge in [-0.25, -0.2) is 0 Å². The lowest BCUT2D eigenvalue weighted by Gasteiger charge is -2.39. The van der Waals surface area contributed by atoms with E-state index in [0.29, 0.717) is 18.5 Å². The van der Waals surface area contributed by atoms with Crippen LogP contribution in [0.2, 0.25) is 0 Å². The number of nitrogens with two attached hydrogens (primary N) is 1. The Morgan fingerprint density at radius 2 is 1.92 bits per heavy atom. The van der Waals surface area contributed by atoms with Gasteiger partial charge in [-0.2, -0.15) is 4.98 Å². The lowest BCUT2D eigenvalue weighted by atomic mass is 10.1. The number of nitrogens with zero attached hydrogens (tertiary/aromatic N) is 4. The minimum Gasteiger partial charge on any atom is -0.338 e. The van der Waals surface area contributed by atoms with Crippen molar-refractivity contribution in [3.63, 3.8) is 0 Å². The molecule has 134 valence electrons. The minimum absolute atomic E-state index is 0. The number of benzene rings is 1. The van der Waals surface area contributed by atoms with E-state index in [-0.39, 0.29) is 24.8 Å². The van der Waals surface area contributed by atoms with Crippen LogP contribution in [0.4, 0.5) is 0 Å². The van der Waals surface area contributed by atoms with Gasteiger partial charge in [-0.1, -0.05) is 35.5 Å². The molecule has 0 aliphatic carbocycles. The van der Waals surface area contributed by atoms with Gasteiger partial charge in [0.2, 0.25) is 5.89 Å². The van der Waals surface area contributed by atoms with Crippen LogP contribution in [0.15, 0.2) is 34.9 Å². The number of hydrogen-bond donors (Lipinski definition) is 1. The normalized spacial score (nSPS) is 18.7. The van der Waals surface area contributed by atoms with E-state index in [1.54, 1.807) is 0 Å². The topological polar surface area (TPSA) is 71.4 Å². The fourth-order valence-electron chi connectivity index (χ4n) is 2.91. The molecule has 1 fully saturated rings. The molecule has 0 saturated carbocycles. The van der Waals surface area contributed by atoms with Crippen molar-refractivity contribution in [1.82, 2.24) is 19.9 Å². The third-order valence-corrected chi connectivity index (χ3v) is 4.13. The molecule has 1 aliphatic rings. The van der Waals surface area contributed by atoms with Crippen LogP contribution in [0.25, 0.3) is 0 Å². The van der Waals surface area contributed by atoms with E-state index in [1.807, 2.05) is 0 Å². The number of piperazine rings is 1. The van der Waals surface area contributed by atoms with Gasteiger partial charge in [-0.3, -0.25) is 9.80 Å². The molecule has 0 unspecified atom stereocenters. The zero-order valence-electron chi connectivity index (χ0n) is 13.8. The van der Waals surface area contributed by atoms with Crippen LogP contribution < -0.4 is 5.73 Å². The molecule has 2 N–H and O–H groups in total. The maximum Gasteiger partial charge on any atom is 0.240 e. The van der Waals surface area contributed by atoms with Crippen LogP contribution in [-0.2, 0) is 19.6 Å². The van der Waals surface area contributed by atoms with Crippen molar-refractivity contribution < 1.29 is 4.52 Å². The summed E-state index contributed by atoms with van der Waals surface area (Å²) < 4.78 is 5.07.